The van der Waals surface area contributed by atoms with Gasteiger partial charge in [-0.05, 0) is 63.2 Å². The van der Waals surface area contributed by atoms with Crippen LogP contribution in [-0.2, 0) is 4.79 Å². The van der Waals surface area contributed by atoms with Crippen molar-refractivity contribution < 1.29 is 14.0 Å². The summed E-state index contributed by atoms with van der Waals surface area (Å²) in [6, 6.07) is 5.37. The molecule has 27 heavy (non-hydrogen) atoms. The van der Waals surface area contributed by atoms with E-state index < -0.39 is 0 Å². The summed E-state index contributed by atoms with van der Waals surface area (Å²) in [5.74, 6) is -0.396. The van der Waals surface area contributed by atoms with E-state index in [0.29, 0.717) is 18.8 Å². The van der Waals surface area contributed by atoms with E-state index in [9.17, 15) is 14.0 Å². The predicted molar refractivity (Wildman–Crippen MR) is 103 cm³/mol. The lowest BCUT2D eigenvalue weighted by atomic mass is 10.2. The van der Waals surface area contributed by atoms with E-state index >= 15 is 0 Å². The summed E-state index contributed by atoms with van der Waals surface area (Å²) >= 11 is 0. The molecule has 2 saturated heterocycles. The summed E-state index contributed by atoms with van der Waals surface area (Å²) < 4.78 is 13.0. The largest absolute Gasteiger partial charge is 0.338 e. The van der Waals surface area contributed by atoms with Crippen LogP contribution in [0, 0.1) is 5.82 Å². The molecule has 2 N–H and O–H groups in total. The van der Waals surface area contributed by atoms with Gasteiger partial charge in [-0.15, -0.1) is 0 Å². The van der Waals surface area contributed by atoms with Gasteiger partial charge >= 0.3 is 6.03 Å². The summed E-state index contributed by atoms with van der Waals surface area (Å²) in [6.45, 7) is 4.38. The van der Waals surface area contributed by atoms with Gasteiger partial charge < -0.3 is 20.4 Å². The Bertz CT molecular complexity index is 629. The van der Waals surface area contributed by atoms with Gasteiger partial charge in [-0.3, -0.25) is 4.79 Å². The van der Waals surface area contributed by atoms with Crippen LogP contribution in [-0.4, -0.2) is 55.6 Å². The zero-order chi connectivity index (χ0) is 19.1. The molecule has 6 nitrogen and oxygen atoms in total. The fourth-order valence-corrected chi connectivity index (χ4v) is 3.78. The summed E-state index contributed by atoms with van der Waals surface area (Å²) in [4.78, 5) is 28.3. The van der Waals surface area contributed by atoms with Crippen molar-refractivity contribution in [3.63, 3.8) is 0 Å². The van der Waals surface area contributed by atoms with E-state index in [0.717, 1.165) is 26.1 Å². The summed E-state index contributed by atoms with van der Waals surface area (Å²) in [5.41, 5.74) is 0.656. The van der Waals surface area contributed by atoms with Crippen LogP contribution in [0.25, 0.3) is 0 Å². The summed E-state index contributed by atoms with van der Waals surface area (Å²) in [5, 5.41) is 5.75. The third-order valence-electron chi connectivity index (χ3n) is 5.23. The maximum absolute atomic E-state index is 13.0. The van der Waals surface area contributed by atoms with Crippen LogP contribution in [0.4, 0.5) is 14.9 Å². The Kier molecular flexibility index (Phi) is 7.04. The molecule has 3 amide bonds. The average molecular weight is 376 g/mol. The number of halogens is 1. The maximum Gasteiger partial charge on any atom is 0.315 e. The van der Waals surface area contributed by atoms with Gasteiger partial charge in [0.15, 0.2) is 0 Å². The van der Waals surface area contributed by atoms with Crippen LogP contribution in [0.1, 0.15) is 38.5 Å². The second kappa shape index (κ2) is 9.69. The first kappa shape index (κ1) is 19.6. The van der Waals surface area contributed by atoms with Crippen LogP contribution in [0.15, 0.2) is 24.3 Å². The lowest BCUT2D eigenvalue weighted by Gasteiger charge is -2.20. The molecule has 0 spiro atoms. The van der Waals surface area contributed by atoms with Gasteiger partial charge in [-0.1, -0.05) is 12.8 Å². The van der Waals surface area contributed by atoms with E-state index in [4.69, 9.17) is 0 Å². The van der Waals surface area contributed by atoms with Crippen LogP contribution >= 0.6 is 0 Å². The Morgan fingerprint density at radius 2 is 1.81 bits per heavy atom. The standard InChI is InChI=1S/C20H29FN4O2/c21-16-6-8-18(9-7-16)25-15-17(14-19(25)26)23-20(27)22-10-5-13-24-11-3-1-2-4-12-24/h6-9,17H,1-5,10-15H2,(H2,22,23,27)/t17-/m0/s1. The van der Waals surface area contributed by atoms with E-state index in [1.165, 1.54) is 37.8 Å². The fraction of sp³-hybridized carbons (Fsp3) is 0.600. The molecule has 2 fully saturated rings. The quantitative estimate of drug-likeness (QED) is 0.750. The van der Waals surface area contributed by atoms with Crippen molar-refractivity contribution in [2.24, 2.45) is 0 Å². The average Bonchev–Trinajstić information content (AvgIpc) is 2.84. The number of benzene rings is 1. The van der Waals surface area contributed by atoms with Crippen molar-refractivity contribution in [1.29, 1.82) is 0 Å². The topological polar surface area (TPSA) is 64.7 Å². The van der Waals surface area contributed by atoms with Gasteiger partial charge in [0.05, 0.1) is 6.04 Å². The molecule has 0 aromatic heterocycles. The Labute approximate surface area is 160 Å². The minimum Gasteiger partial charge on any atom is -0.338 e. The van der Waals surface area contributed by atoms with Crippen molar-refractivity contribution in [1.82, 2.24) is 15.5 Å². The maximum atomic E-state index is 13.0. The zero-order valence-electron chi connectivity index (χ0n) is 15.8. The minimum absolute atomic E-state index is 0.0620. The van der Waals surface area contributed by atoms with E-state index in [2.05, 4.69) is 15.5 Å². The van der Waals surface area contributed by atoms with Gasteiger partial charge in [0, 0.05) is 25.2 Å². The minimum atomic E-state index is -0.334. The number of carbonyl (C=O) groups excluding carboxylic acids is 2. The molecule has 2 aliphatic heterocycles. The van der Waals surface area contributed by atoms with Crippen LogP contribution < -0.4 is 15.5 Å². The highest BCUT2D eigenvalue weighted by molar-refractivity contribution is 5.96. The SMILES string of the molecule is O=C(NCCCN1CCCCCC1)N[C@H]1CC(=O)N(c2ccc(F)cc2)C1. The normalized spacial score (nSPS) is 21.1. The molecular formula is C20H29FN4O2. The van der Waals surface area contributed by atoms with Gasteiger partial charge in [0.25, 0.3) is 0 Å². The Balaban J connectivity index is 1.35. The zero-order valence-corrected chi connectivity index (χ0v) is 15.8. The molecule has 0 radical (unpaired) electrons. The van der Waals surface area contributed by atoms with Gasteiger partial charge in [-0.2, -0.15) is 0 Å². The highest BCUT2D eigenvalue weighted by Gasteiger charge is 2.31. The van der Waals surface area contributed by atoms with Crippen molar-refractivity contribution in [2.75, 3.05) is 37.6 Å². The highest BCUT2D eigenvalue weighted by atomic mass is 19.1. The number of anilines is 1. The van der Waals surface area contributed by atoms with Gasteiger partial charge in [-0.25, -0.2) is 9.18 Å². The summed E-state index contributed by atoms with van der Waals surface area (Å²) in [7, 11) is 0. The molecule has 7 heteroatoms. The van der Waals surface area contributed by atoms with Crippen LogP contribution in [0.2, 0.25) is 0 Å². The van der Waals surface area contributed by atoms with Crippen LogP contribution in [0.5, 0.6) is 0 Å². The lowest BCUT2D eigenvalue weighted by molar-refractivity contribution is -0.117. The summed E-state index contributed by atoms with van der Waals surface area (Å²) in [6.07, 6.45) is 6.39. The molecule has 0 unspecified atom stereocenters. The number of nitrogens with zero attached hydrogens (tertiary/aromatic N) is 2. The number of nitrogens with one attached hydrogen (secondary N) is 2. The smallest absolute Gasteiger partial charge is 0.315 e. The molecule has 0 aliphatic carbocycles. The second-order valence-electron chi connectivity index (χ2n) is 7.39. The molecule has 0 saturated carbocycles. The van der Waals surface area contributed by atoms with Gasteiger partial charge in [0.2, 0.25) is 5.91 Å². The van der Waals surface area contributed by atoms with E-state index in [1.54, 1.807) is 17.0 Å². The number of likely N-dealkylation sites (tertiary alicyclic amines) is 1. The predicted octanol–water partition coefficient (Wildman–Crippen LogP) is 2.50. The number of amides is 3. The van der Waals surface area contributed by atoms with Gasteiger partial charge in [0.1, 0.15) is 5.82 Å². The highest BCUT2D eigenvalue weighted by Crippen LogP contribution is 2.21. The number of hydrogen-bond donors (Lipinski definition) is 2. The van der Waals surface area contributed by atoms with E-state index in [1.807, 2.05) is 0 Å². The number of rotatable bonds is 6. The molecule has 3 rings (SSSR count). The van der Waals surface area contributed by atoms with Crippen molar-refractivity contribution in [3.8, 4) is 0 Å². The molecule has 2 aliphatic rings. The van der Waals surface area contributed by atoms with Crippen LogP contribution in [0.3, 0.4) is 0 Å². The first-order chi connectivity index (χ1) is 13.1. The number of urea groups is 1. The molecular weight excluding hydrogens is 347 g/mol. The van der Waals surface area contributed by atoms with Crippen molar-refractivity contribution >= 4 is 17.6 Å². The third kappa shape index (κ3) is 5.92. The van der Waals surface area contributed by atoms with Crippen molar-refractivity contribution in [3.05, 3.63) is 30.1 Å². The lowest BCUT2D eigenvalue weighted by Crippen LogP contribution is -2.44. The monoisotopic (exact) mass is 376 g/mol. The first-order valence-corrected chi connectivity index (χ1v) is 9.94. The Morgan fingerprint density at radius 1 is 1.11 bits per heavy atom. The second-order valence-corrected chi connectivity index (χ2v) is 7.39. The van der Waals surface area contributed by atoms with E-state index in [-0.39, 0.29) is 30.2 Å². The molecule has 1 aromatic carbocycles. The number of carbonyl (C=O) groups is 2. The first-order valence-electron chi connectivity index (χ1n) is 9.94. The Hall–Kier alpha value is -2.15. The van der Waals surface area contributed by atoms with Crippen molar-refractivity contribution in [2.45, 2.75) is 44.6 Å². The molecule has 148 valence electrons. The molecule has 0 bridgehead atoms. The molecule has 2 heterocycles. The fourth-order valence-electron chi connectivity index (χ4n) is 3.78. The molecule has 1 atom stereocenters. The third-order valence-corrected chi connectivity index (χ3v) is 5.23. The Morgan fingerprint density at radius 3 is 2.52 bits per heavy atom. The molecule has 1 aromatic rings. The number of hydrogen-bond acceptors (Lipinski definition) is 3.